The van der Waals surface area contributed by atoms with Crippen LogP contribution in [0, 0.1) is 11.3 Å². The lowest BCUT2D eigenvalue weighted by atomic mass is 9.75. The highest BCUT2D eigenvalue weighted by Crippen LogP contribution is 2.43. The van der Waals surface area contributed by atoms with Gasteiger partial charge >= 0.3 is 0 Å². The summed E-state index contributed by atoms with van der Waals surface area (Å²) < 4.78 is 16.1. The van der Waals surface area contributed by atoms with E-state index in [4.69, 9.17) is 14.2 Å². The highest BCUT2D eigenvalue weighted by molar-refractivity contribution is 5.52. The first-order valence-corrected chi connectivity index (χ1v) is 5.98. The maximum Gasteiger partial charge on any atom is 0.165 e. The summed E-state index contributed by atoms with van der Waals surface area (Å²) in [4.78, 5) is 0. The van der Waals surface area contributed by atoms with Crippen molar-refractivity contribution < 1.29 is 14.2 Å². The van der Waals surface area contributed by atoms with Gasteiger partial charge in [-0.3, -0.25) is 0 Å². The molecule has 0 amide bonds. The lowest BCUT2D eigenvalue weighted by Crippen LogP contribution is -2.32. The molecule has 18 heavy (non-hydrogen) atoms. The number of nitriles is 1. The first-order chi connectivity index (χ1) is 8.77. The third-order valence-electron chi connectivity index (χ3n) is 3.48. The highest BCUT2D eigenvalue weighted by Gasteiger charge is 2.37. The van der Waals surface area contributed by atoms with Gasteiger partial charge in [0.25, 0.3) is 0 Å². The summed E-state index contributed by atoms with van der Waals surface area (Å²) in [5.74, 6) is 1.32. The van der Waals surface area contributed by atoms with E-state index < -0.39 is 5.41 Å². The molecule has 0 atom stereocenters. The zero-order valence-electron chi connectivity index (χ0n) is 10.7. The quantitative estimate of drug-likeness (QED) is 0.822. The van der Waals surface area contributed by atoms with Crippen LogP contribution in [0.15, 0.2) is 18.2 Å². The molecule has 1 aliphatic heterocycles. The fourth-order valence-electron chi connectivity index (χ4n) is 2.43. The molecule has 1 aromatic rings. The summed E-state index contributed by atoms with van der Waals surface area (Å²) in [6, 6.07) is 8.12. The monoisotopic (exact) mass is 247 g/mol. The molecule has 0 saturated carbocycles. The van der Waals surface area contributed by atoms with Crippen LogP contribution in [-0.2, 0) is 10.2 Å². The van der Waals surface area contributed by atoms with E-state index in [0.717, 1.165) is 5.56 Å². The van der Waals surface area contributed by atoms with E-state index in [0.29, 0.717) is 37.6 Å². The summed E-state index contributed by atoms with van der Waals surface area (Å²) in [6.45, 7) is 1.21. The minimum atomic E-state index is -0.530. The summed E-state index contributed by atoms with van der Waals surface area (Å²) in [5.41, 5.74) is 0.369. The fraction of sp³-hybridized carbons (Fsp3) is 0.500. The average molecular weight is 247 g/mol. The summed E-state index contributed by atoms with van der Waals surface area (Å²) in [5, 5.41) is 9.58. The van der Waals surface area contributed by atoms with E-state index in [9.17, 15) is 5.26 Å². The van der Waals surface area contributed by atoms with Gasteiger partial charge in [0.15, 0.2) is 11.5 Å². The van der Waals surface area contributed by atoms with Crippen molar-refractivity contribution in [3.05, 3.63) is 23.8 Å². The van der Waals surface area contributed by atoms with Gasteiger partial charge in [0.05, 0.1) is 25.7 Å². The molecule has 4 heteroatoms. The van der Waals surface area contributed by atoms with Crippen LogP contribution in [0.1, 0.15) is 18.4 Å². The second kappa shape index (κ2) is 5.28. The van der Waals surface area contributed by atoms with Gasteiger partial charge in [-0.25, -0.2) is 0 Å². The molecule has 0 aromatic heterocycles. The Kier molecular flexibility index (Phi) is 3.73. The van der Waals surface area contributed by atoms with Crippen LogP contribution in [0.3, 0.4) is 0 Å². The first-order valence-electron chi connectivity index (χ1n) is 5.98. The topological polar surface area (TPSA) is 51.5 Å². The van der Waals surface area contributed by atoms with E-state index in [1.165, 1.54) is 0 Å². The zero-order valence-corrected chi connectivity index (χ0v) is 10.7. The molecule has 1 fully saturated rings. The largest absolute Gasteiger partial charge is 0.493 e. The van der Waals surface area contributed by atoms with Crippen LogP contribution in [0.2, 0.25) is 0 Å². The molecule has 2 rings (SSSR count). The molecular weight excluding hydrogens is 230 g/mol. The van der Waals surface area contributed by atoms with Crippen molar-refractivity contribution in [1.82, 2.24) is 0 Å². The molecule has 0 spiro atoms. The Bertz CT molecular complexity index is 459. The van der Waals surface area contributed by atoms with Gasteiger partial charge in [0.2, 0.25) is 0 Å². The molecule has 1 saturated heterocycles. The van der Waals surface area contributed by atoms with Gasteiger partial charge in [-0.2, -0.15) is 5.26 Å². The zero-order chi connectivity index (χ0) is 13.0. The molecule has 1 aliphatic rings. The van der Waals surface area contributed by atoms with Gasteiger partial charge in [-0.15, -0.1) is 0 Å². The number of hydrogen-bond acceptors (Lipinski definition) is 4. The van der Waals surface area contributed by atoms with E-state index in [-0.39, 0.29) is 0 Å². The van der Waals surface area contributed by atoms with E-state index in [1.807, 2.05) is 18.2 Å². The van der Waals surface area contributed by atoms with Crippen molar-refractivity contribution >= 4 is 0 Å². The Balaban J connectivity index is 2.51. The lowest BCUT2D eigenvalue weighted by molar-refractivity contribution is 0.0667. The second-order valence-electron chi connectivity index (χ2n) is 4.35. The second-order valence-corrected chi connectivity index (χ2v) is 4.35. The van der Waals surface area contributed by atoms with Gasteiger partial charge in [-0.05, 0) is 18.9 Å². The molecule has 1 aromatic carbocycles. The van der Waals surface area contributed by atoms with Crippen molar-refractivity contribution in [2.45, 2.75) is 18.3 Å². The van der Waals surface area contributed by atoms with Gasteiger partial charge in [-0.1, -0.05) is 12.1 Å². The Morgan fingerprint density at radius 1 is 1.22 bits per heavy atom. The number of rotatable bonds is 3. The van der Waals surface area contributed by atoms with Crippen LogP contribution in [0.25, 0.3) is 0 Å². The van der Waals surface area contributed by atoms with Crippen LogP contribution < -0.4 is 9.47 Å². The van der Waals surface area contributed by atoms with Crippen LogP contribution in [0.4, 0.5) is 0 Å². The Hall–Kier alpha value is -1.73. The molecule has 0 N–H and O–H groups in total. The molecule has 96 valence electrons. The summed E-state index contributed by atoms with van der Waals surface area (Å²) >= 11 is 0. The maximum absolute atomic E-state index is 9.58. The Morgan fingerprint density at radius 2 is 1.94 bits per heavy atom. The Labute approximate surface area is 107 Å². The molecule has 4 nitrogen and oxygen atoms in total. The van der Waals surface area contributed by atoms with Gasteiger partial charge in [0, 0.05) is 18.8 Å². The molecule has 0 radical (unpaired) electrons. The predicted octanol–water partition coefficient (Wildman–Crippen LogP) is 2.28. The maximum atomic E-state index is 9.58. The number of para-hydroxylation sites is 1. The van der Waals surface area contributed by atoms with E-state index in [2.05, 4.69) is 6.07 Å². The molecule has 1 heterocycles. The number of nitrogens with zero attached hydrogens (tertiary/aromatic N) is 1. The SMILES string of the molecule is COc1cccc(C2(C#N)CCOCC2)c1OC. The van der Waals surface area contributed by atoms with Crippen molar-refractivity contribution in [2.24, 2.45) is 0 Å². The van der Waals surface area contributed by atoms with Crippen molar-refractivity contribution in [2.75, 3.05) is 27.4 Å². The number of methoxy groups -OCH3 is 2. The third-order valence-corrected chi connectivity index (χ3v) is 3.48. The molecule has 0 aliphatic carbocycles. The summed E-state index contributed by atoms with van der Waals surface area (Å²) in [7, 11) is 3.20. The smallest absolute Gasteiger partial charge is 0.165 e. The van der Waals surface area contributed by atoms with Gasteiger partial charge in [0.1, 0.15) is 0 Å². The molecule has 0 unspecified atom stereocenters. The van der Waals surface area contributed by atoms with Gasteiger partial charge < -0.3 is 14.2 Å². The van der Waals surface area contributed by atoms with Crippen molar-refractivity contribution in [1.29, 1.82) is 5.26 Å². The third kappa shape index (κ3) is 2.02. The molecule has 0 bridgehead atoms. The highest BCUT2D eigenvalue weighted by atomic mass is 16.5. The van der Waals surface area contributed by atoms with Crippen LogP contribution in [-0.4, -0.2) is 27.4 Å². The van der Waals surface area contributed by atoms with Crippen molar-refractivity contribution in [3.63, 3.8) is 0 Å². The summed E-state index contributed by atoms with van der Waals surface area (Å²) in [6.07, 6.45) is 1.38. The predicted molar refractivity (Wildman–Crippen MR) is 66.9 cm³/mol. The van der Waals surface area contributed by atoms with E-state index in [1.54, 1.807) is 14.2 Å². The van der Waals surface area contributed by atoms with Crippen LogP contribution >= 0.6 is 0 Å². The van der Waals surface area contributed by atoms with Crippen LogP contribution in [0.5, 0.6) is 11.5 Å². The van der Waals surface area contributed by atoms with E-state index >= 15 is 0 Å². The Morgan fingerprint density at radius 3 is 2.50 bits per heavy atom. The number of benzene rings is 1. The minimum Gasteiger partial charge on any atom is -0.493 e. The fourth-order valence-corrected chi connectivity index (χ4v) is 2.43. The minimum absolute atomic E-state index is 0.530. The van der Waals surface area contributed by atoms with Crippen molar-refractivity contribution in [3.8, 4) is 17.6 Å². The molecular formula is C14H17NO3. The number of ether oxygens (including phenoxy) is 3. The number of hydrogen-bond donors (Lipinski definition) is 0. The normalized spacial score (nSPS) is 17.8. The first kappa shape index (κ1) is 12.7. The standard InChI is InChI=1S/C14H17NO3/c1-16-12-5-3-4-11(13(12)17-2)14(10-15)6-8-18-9-7-14/h3-5H,6-9H2,1-2H3. The average Bonchev–Trinajstić information content (AvgIpc) is 2.47. The lowest BCUT2D eigenvalue weighted by Gasteiger charge is -2.32.